The molecule has 0 bridgehead atoms. The van der Waals surface area contributed by atoms with Gasteiger partial charge in [-0.3, -0.25) is 9.69 Å². The summed E-state index contributed by atoms with van der Waals surface area (Å²) in [6.07, 6.45) is 3.26. The van der Waals surface area contributed by atoms with Gasteiger partial charge in [-0.15, -0.1) is 0 Å². The predicted molar refractivity (Wildman–Crippen MR) is 104 cm³/mol. The minimum atomic E-state index is -0.471. The van der Waals surface area contributed by atoms with Crippen molar-refractivity contribution in [1.82, 2.24) is 14.8 Å². The summed E-state index contributed by atoms with van der Waals surface area (Å²) >= 11 is 0. The molecular weight excluding hydrogens is 357 g/mol. The van der Waals surface area contributed by atoms with E-state index in [4.69, 9.17) is 0 Å². The lowest BCUT2D eigenvalue weighted by Crippen LogP contribution is -2.30. The Bertz CT molecular complexity index is 1080. The fourth-order valence-electron chi connectivity index (χ4n) is 3.12. The van der Waals surface area contributed by atoms with Gasteiger partial charge in [0, 0.05) is 11.9 Å². The fraction of sp³-hybridized carbons (Fsp3) is 0.0909. The van der Waals surface area contributed by atoms with Crippen LogP contribution in [0.4, 0.5) is 9.18 Å². The Hall–Kier alpha value is -3.67. The summed E-state index contributed by atoms with van der Waals surface area (Å²) in [5.74, 6) is -0.784. The van der Waals surface area contributed by atoms with E-state index >= 15 is 0 Å². The van der Waals surface area contributed by atoms with Gasteiger partial charge >= 0.3 is 6.03 Å². The van der Waals surface area contributed by atoms with Crippen molar-refractivity contribution in [2.24, 2.45) is 0 Å². The van der Waals surface area contributed by atoms with Crippen LogP contribution >= 0.6 is 0 Å². The van der Waals surface area contributed by atoms with E-state index in [-0.39, 0.29) is 18.1 Å². The van der Waals surface area contributed by atoms with Crippen molar-refractivity contribution in [2.45, 2.75) is 13.5 Å². The van der Waals surface area contributed by atoms with Crippen molar-refractivity contribution in [1.29, 1.82) is 0 Å². The molecule has 0 unspecified atom stereocenters. The number of halogens is 1. The number of nitrogens with one attached hydrogen (secondary N) is 1. The molecule has 2 heterocycles. The molecule has 1 fully saturated rings. The van der Waals surface area contributed by atoms with E-state index in [0.717, 1.165) is 16.0 Å². The topological polar surface area (TPSA) is 54.3 Å². The molecule has 140 valence electrons. The summed E-state index contributed by atoms with van der Waals surface area (Å²) in [6, 6.07) is 17.1. The van der Waals surface area contributed by atoms with E-state index in [1.54, 1.807) is 47.2 Å². The van der Waals surface area contributed by atoms with Gasteiger partial charge in [0.1, 0.15) is 11.5 Å². The van der Waals surface area contributed by atoms with E-state index in [0.29, 0.717) is 11.4 Å². The molecule has 3 amide bonds. The Balaban J connectivity index is 1.61. The molecular formula is C22H18FN3O2. The van der Waals surface area contributed by atoms with Gasteiger partial charge in [0.05, 0.1) is 12.2 Å². The molecule has 1 aliphatic rings. The molecule has 1 aliphatic heterocycles. The van der Waals surface area contributed by atoms with Crippen LogP contribution in [-0.2, 0) is 11.3 Å². The Morgan fingerprint density at radius 3 is 2.50 bits per heavy atom. The first-order valence-electron chi connectivity index (χ1n) is 8.85. The van der Waals surface area contributed by atoms with E-state index < -0.39 is 11.9 Å². The monoisotopic (exact) mass is 375 g/mol. The number of carbonyl (C=O) groups is 2. The molecule has 1 N–H and O–H groups in total. The van der Waals surface area contributed by atoms with Gasteiger partial charge in [-0.1, -0.05) is 42.0 Å². The largest absolute Gasteiger partial charge is 0.329 e. The summed E-state index contributed by atoms with van der Waals surface area (Å²) in [5.41, 5.74) is 3.09. The van der Waals surface area contributed by atoms with Crippen molar-refractivity contribution < 1.29 is 14.0 Å². The lowest BCUT2D eigenvalue weighted by atomic mass is 10.1. The van der Waals surface area contributed by atoms with Crippen molar-refractivity contribution in [3.8, 4) is 5.69 Å². The zero-order valence-corrected chi connectivity index (χ0v) is 15.2. The Labute approximate surface area is 161 Å². The molecule has 5 nitrogen and oxygen atoms in total. The van der Waals surface area contributed by atoms with Gasteiger partial charge in [-0.05, 0) is 42.8 Å². The summed E-state index contributed by atoms with van der Waals surface area (Å²) in [5, 5.41) is 2.61. The maximum atomic E-state index is 14.1. The second kappa shape index (κ2) is 7.15. The lowest BCUT2D eigenvalue weighted by Gasteiger charge is -2.12. The Morgan fingerprint density at radius 1 is 1.00 bits per heavy atom. The zero-order chi connectivity index (χ0) is 19.7. The van der Waals surface area contributed by atoms with Gasteiger partial charge in [-0.25, -0.2) is 9.18 Å². The molecule has 4 rings (SSSR count). The molecule has 3 aromatic rings. The zero-order valence-electron chi connectivity index (χ0n) is 15.2. The molecule has 6 heteroatoms. The number of nitrogens with zero attached hydrogens (tertiary/aromatic N) is 2. The molecule has 0 spiro atoms. The maximum Gasteiger partial charge on any atom is 0.329 e. The number of benzene rings is 2. The highest BCUT2D eigenvalue weighted by Gasteiger charge is 2.33. The van der Waals surface area contributed by atoms with Crippen LogP contribution in [0.3, 0.4) is 0 Å². The first-order chi connectivity index (χ1) is 13.5. The number of para-hydroxylation sites is 1. The molecule has 2 aromatic carbocycles. The normalized spacial score (nSPS) is 15.4. The summed E-state index contributed by atoms with van der Waals surface area (Å²) in [6.45, 7) is 2.17. The first-order valence-corrected chi connectivity index (χ1v) is 8.85. The molecule has 0 atom stereocenters. The average Bonchev–Trinajstić information content (AvgIpc) is 3.24. The Kier molecular flexibility index (Phi) is 4.53. The predicted octanol–water partition coefficient (Wildman–Crippen LogP) is 4.02. The number of hydrogen-bond acceptors (Lipinski definition) is 2. The summed E-state index contributed by atoms with van der Waals surface area (Å²) < 4.78 is 15.8. The molecule has 0 saturated carbocycles. The fourth-order valence-corrected chi connectivity index (χ4v) is 3.12. The number of hydrogen-bond donors (Lipinski definition) is 1. The highest BCUT2D eigenvalue weighted by molar-refractivity contribution is 6.13. The molecule has 0 radical (unpaired) electrons. The van der Waals surface area contributed by atoms with E-state index in [1.807, 2.05) is 31.2 Å². The second-order valence-corrected chi connectivity index (χ2v) is 6.62. The first kappa shape index (κ1) is 17.7. The minimum absolute atomic E-state index is 0.161. The SMILES string of the molecule is Cc1ccc(CN2C(=O)N/C(=C/c3cccn3-c3ccccc3F)C2=O)cc1. The van der Waals surface area contributed by atoms with Crippen LogP contribution < -0.4 is 5.32 Å². The van der Waals surface area contributed by atoms with Gasteiger partial charge in [0.15, 0.2) is 0 Å². The number of amides is 3. The molecule has 28 heavy (non-hydrogen) atoms. The highest BCUT2D eigenvalue weighted by atomic mass is 19.1. The van der Waals surface area contributed by atoms with E-state index in [9.17, 15) is 14.0 Å². The average molecular weight is 375 g/mol. The van der Waals surface area contributed by atoms with Crippen LogP contribution in [0.15, 0.2) is 72.6 Å². The lowest BCUT2D eigenvalue weighted by molar-refractivity contribution is -0.123. The number of imide groups is 1. The minimum Gasteiger partial charge on any atom is -0.314 e. The number of aryl methyl sites for hydroxylation is 1. The number of carbonyl (C=O) groups excluding carboxylic acids is 2. The highest BCUT2D eigenvalue weighted by Crippen LogP contribution is 2.21. The van der Waals surface area contributed by atoms with Crippen molar-refractivity contribution in [3.05, 3.63) is 95.2 Å². The van der Waals surface area contributed by atoms with E-state index in [1.165, 1.54) is 6.07 Å². The quantitative estimate of drug-likeness (QED) is 0.553. The third kappa shape index (κ3) is 3.32. The van der Waals surface area contributed by atoms with Gasteiger partial charge in [0.25, 0.3) is 5.91 Å². The molecule has 1 aromatic heterocycles. The summed E-state index contributed by atoms with van der Waals surface area (Å²) in [4.78, 5) is 26.2. The number of urea groups is 1. The molecule has 0 aliphatic carbocycles. The van der Waals surface area contributed by atoms with Crippen LogP contribution in [0.5, 0.6) is 0 Å². The van der Waals surface area contributed by atoms with Crippen LogP contribution in [0, 0.1) is 12.7 Å². The van der Waals surface area contributed by atoms with E-state index in [2.05, 4.69) is 5.32 Å². The van der Waals surface area contributed by atoms with Crippen LogP contribution in [-0.4, -0.2) is 21.4 Å². The van der Waals surface area contributed by atoms with Crippen molar-refractivity contribution in [2.75, 3.05) is 0 Å². The molecule has 1 saturated heterocycles. The second-order valence-electron chi connectivity index (χ2n) is 6.62. The van der Waals surface area contributed by atoms with Crippen molar-refractivity contribution >= 4 is 18.0 Å². The van der Waals surface area contributed by atoms with Crippen LogP contribution in [0.25, 0.3) is 11.8 Å². The maximum absolute atomic E-state index is 14.1. The Morgan fingerprint density at radius 2 is 1.75 bits per heavy atom. The van der Waals surface area contributed by atoms with Crippen LogP contribution in [0.1, 0.15) is 16.8 Å². The van der Waals surface area contributed by atoms with Crippen molar-refractivity contribution in [3.63, 3.8) is 0 Å². The smallest absolute Gasteiger partial charge is 0.314 e. The van der Waals surface area contributed by atoms with Gasteiger partial charge in [-0.2, -0.15) is 0 Å². The third-order valence-corrected chi connectivity index (χ3v) is 4.61. The van der Waals surface area contributed by atoms with Gasteiger partial charge < -0.3 is 9.88 Å². The standard InChI is InChI=1S/C22H18FN3O2/c1-15-8-10-16(11-9-15)14-26-21(27)19(24-22(26)28)13-17-5-4-12-25(17)20-7-3-2-6-18(20)23/h2-13H,14H2,1H3,(H,24,28)/b19-13+. The third-order valence-electron chi connectivity index (χ3n) is 4.61. The van der Waals surface area contributed by atoms with Gasteiger partial charge in [0.2, 0.25) is 0 Å². The number of rotatable bonds is 4. The van der Waals surface area contributed by atoms with Crippen LogP contribution in [0.2, 0.25) is 0 Å². The number of aromatic nitrogens is 1. The summed E-state index contributed by atoms with van der Waals surface area (Å²) in [7, 11) is 0.